The van der Waals surface area contributed by atoms with Crippen LogP contribution < -0.4 is 5.73 Å². The van der Waals surface area contributed by atoms with E-state index < -0.39 is 0 Å². The average Bonchev–Trinajstić information content (AvgIpc) is 3.17. The van der Waals surface area contributed by atoms with Crippen LogP contribution in [-0.4, -0.2) is 64.8 Å². The third-order valence-corrected chi connectivity index (χ3v) is 6.28. The van der Waals surface area contributed by atoms with Crippen molar-refractivity contribution in [3.05, 3.63) is 0 Å². The quantitative estimate of drug-likeness (QED) is 0.827. The molecule has 5 nitrogen and oxygen atoms in total. The van der Waals surface area contributed by atoms with Gasteiger partial charge in [0.2, 0.25) is 11.8 Å². The molecule has 2 saturated heterocycles. The molecule has 2 heterocycles. The van der Waals surface area contributed by atoms with Crippen molar-refractivity contribution in [2.75, 3.05) is 31.1 Å². The summed E-state index contributed by atoms with van der Waals surface area (Å²) in [7, 11) is 0. The molecule has 0 bridgehead atoms. The Morgan fingerprint density at radius 3 is 2.43 bits per heavy atom. The van der Waals surface area contributed by atoms with Crippen LogP contribution in [0.5, 0.6) is 0 Å². The van der Waals surface area contributed by atoms with Gasteiger partial charge in [-0.1, -0.05) is 6.42 Å². The number of carbonyl (C=O) groups excluding carboxylic acids is 2. The number of thioether (sulfide) groups is 1. The van der Waals surface area contributed by atoms with Crippen molar-refractivity contribution in [3.63, 3.8) is 0 Å². The summed E-state index contributed by atoms with van der Waals surface area (Å²) in [5, 5.41) is 0. The highest BCUT2D eigenvalue weighted by atomic mass is 35.5. The predicted molar refractivity (Wildman–Crippen MR) is 95.8 cm³/mol. The number of hydrogen-bond donors (Lipinski definition) is 1. The van der Waals surface area contributed by atoms with Crippen molar-refractivity contribution in [1.29, 1.82) is 0 Å². The minimum Gasteiger partial charge on any atom is -0.339 e. The molecule has 0 spiro atoms. The molecule has 3 atom stereocenters. The Hall–Kier alpha value is -0.460. The molecule has 1 aliphatic carbocycles. The lowest BCUT2D eigenvalue weighted by Gasteiger charge is -2.33. The first kappa shape index (κ1) is 18.9. The van der Waals surface area contributed by atoms with E-state index in [1.165, 1.54) is 0 Å². The zero-order valence-electron chi connectivity index (χ0n) is 13.6. The van der Waals surface area contributed by atoms with Crippen LogP contribution in [0.25, 0.3) is 0 Å². The van der Waals surface area contributed by atoms with Crippen LogP contribution in [0.4, 0.5) is 0 Å². The van der Waals surface area contributed by atoms with E-state index in [2.05, 4.69) is 0 Å². The van der Waals surface area contributed by atoms with E-state index in [0.29, 0.717) is 12.3 Å². The molecule has 3 fully saturated rings. The summed E-state index contributed by atoms with van der Waals surface area (Å²) in [5.74, 6) is 2.66. The first-order valence-corrected chi connectivity index (χ1v) is 9.74. The molecule has 23 heavy (non-hydrogen) atoms. The van der Waals surface area contributed by atoms with E-state index in [0.717, 1.165) is 63.2 Å². The summed E-state index contributed by atoms with van der Waals surface area (Å²) >= 11 is 1.90. The number of nitrogens with two attached hydrogens (primary N) is 1. The summed E-state index contributed by atoms with van der Waals surface area (Å²) < 4.78 is 0. The van der Waals surface area contributed by atoms with Gasteiger partial charge < -0.3 is 15.5 Å². The highest BCUT2D eigenvalue weighted by Crippen LogP contribution is 2.29. The number of amides is 2. The van der Waals surface area contributed by atoms with Crippen molar-refractivity contribution in [2.24, 2.45) is 11.7 Å². The Morgan fingerprint density at radius 1 is 1.04 bits per heavy atom. The van der Waals surface area contributed by atoms with Crippen molar-refractivity contribution < 1.29 is 9.59 Å². The molecular weight excluding hydrogens is 334 g/mol. The molecule has 2 aliphatic heterocycles. The fourth-order valence-electron chi connectivity index (χ4n) is 3.98. The Kier molecular flexibility index (Phi) is 7.04. The Bertz CT molecular complexity index is 432. The van der Waals surface area contributed by atoms with E-state index in [9.17, 15) is 9.59 Å². The fourth-order valence-corrected chi connectivity index (χ4v) is 4.88. The molecule has 0 aromatic rings. The van der Waals surface area contributed by atoms with Gasteiger partial charge in [0.25, 0.3) is 0 Å². The topological polar surface area (TPSA) is 66.6 Å². The molecule has 3 rings (SSSR count). The van der Waals surface area contributed by atoms with E-state index in [4.69, 9.17) is 5.73 Å². The van der Waals surface area contributed by atoms with Crippen molar-refractivity contribution in [1.82, 2.24) is 9.80 Å². The van der Waals surface area contributed by atoms with Gasteiger partial charge in [-0.3, -0.25) is 9.59 Å². The lowest BCUT2D eigenvalue weighted by atomic mass is 9.99. The van der Waals surface area contributed by atoms with Crippen molar-refractivity contribution >= 4 is 36.0 Å². The van der Waals surface area contributed by atoms with Gasteiger partial charge in [0, 0.05) is 43.6 Å². The van der Waals surface area contributed by atoms with Gasteiger partial charge in [-0.2, -0.15) is 11.8 Å². The second-order valence-corrected chi connectivity index (χ2v) is 7.97. The summed E-state index contributed by atoms with van der Waals surface area (Å²) in [6, 6.07) is -0.0481. The highest BCUT2D eigenvalue weighted by Gasteiger charge is 2.38. The molecule has 2 amide bonds. The molecule has 1 saturated carbocycles. The van der Waals surface area contributed by atoms with E-state index in [1.54, 1.807) is 0 Å². The van der Waals surface area contributed by atoms with Crippen LogP contribution in [0, 0.1) is 5.92 Å². The standard InChI is InChI=1S/C16H27N3O2S.ClH/c17-13-4-1-3-12(13)11-15(20)19-6-2-5-14(19)16(21)18-7-9-22-10-8-18;/h12-14H,1-11,17H2;1H/t12-,13+,14?;/m0./s1. The highest BCUT2D eigenvalue weighted by molar-refractivity contribution is 7.99. The molecule has 0 aromatic heterocycles. The fraction of sp³-hybridized carbons (Fsp3) is 0.875. The van der Waals surface area contributed by atoms with Gasteiger partial charge >= 0.3 is 0 Å². The predicted octanol–water partition coefficient (Wildman–Crippen LogP) is 1.49. The molecule has 2 N–H and O–H groups in total. The zero-order valence-corrected chi connectivity index (χ0v) is 15.2. The first-order chi connectivity index (χ1) is 10.7. The second-order valence-electron chi connectivity index (χ2n) is 6.74. The number of halogens is 1. The summed E-state index contributed by atoms with van der Waals surface area (Å²) in [5.41, 5.74) is 6.09. The first-order valence-electron chi connectivity index (χ1n) is 8.58. The Balaban J connectivity index is 0.00000192. The molecular formula is C16H28ClN3O2S. The third-order valence-electron chi connectivity index (χ3n) is 5.34. The number of carbonyl (C=O) groups is 2. The lowest BCUT2D eigenvalue weighted by molar-refractivity contribution is -0.144. The van der Waals surface area contributed by atoms with Crippen LogP contribution in [0.2, 0.25) is 0 Å². The second kappa shape index (κ2) is 8.58. The Labute approximate surface area is 149 Å². The normalized spacial score (nSPS) is 31.1. The lowest BCUT2D eigenvalue weighted by Crippen LogP contribution is -2.50. The summed E-state index contributed by atoms with van der Waals surface area (Å²) in [6.45, 7) is 2.39. The summed E-state index contributed by atoms with van der Waals surface area (Å²) in [4.78, 5) is 29.1. The van der Waals surface area contributed by atoms with Gasteiger partial charge in [0.15, 0.2) is 0 Å². The van der Waals surface area contributed by atoms with E-state index >= 15 is 0 Å². The van der Waals surface area contributed by atoms with Crippen LogP contribution in [0.3, 0.4) is 0 Å². The SMILES string of the molecule is Cl.N[C@@H]1CCC[C@H]1CC(=O)N1CCCC1C(=O)N1CCSCC1. The molecule has 3 aliphatic rings. The molecule has 0 radical (unpaired) electrons. The molecule has 1 unspecified atom stereocenters. The van der Waals surface area contributed by atoms with Gasteiger partial charge in [0.05, 0.1) is 0 Å². The average molecular weight is 362 g/mol. The minimum absolute atomic E-state index is 0. The smallest absolute Gasteiger partial charge is 0.245 e. The third kappa shape index (κ3) is 4.34. The number of nitrogens with zero attached hydrogens (tertiary/aromatic N) is 2. The number of likely N-dealkylation sites (tertiary alicyclic amines) is 1. The summed E-state index contributed by atoms with van der Waals surface area (Å²) in [6.07, 6.45) is 5.52. The van der Waals surface area contributed by atoms with Gasteiger partial charge in [-0.25, -0.2) is 0 Å². The van der Waals surface area contributed by atoms with E-state index in [-0.39, 0.29) is 36.3 Å². The maximum Gasteiger partial charge on any atom is 0.245 e. The van der Waals surface area contributed by atoms with Crippen molar-refractivity contribution in [3.8, 4) is 0 Å². The van der Waals surface area contributed by atoms with E-state index in [1.807, 2.05) is 21.6 Å². The number of hydrogen-bond acceptors (Lipinski definition) is 4. The molecule has 0 aromatic carbocycles. The molecule has 132 valence electrons. The van der Waals surface area contributed by atoms with Crippen LogP contribution in [0.15, 0.2) is 0 Å². The van der Waals surface area contributed by atoms with Crippen LogP contribution >= 0.6 is 24.2 Å². The van der Waals surface area contributed by atoms with Crippen LogP contribution in [0.1, 0.15) is 38.5 Å². The van der Waals surface area contributed by atoms with Gasteiger partial charge in [0.1, 0.15) is 6.04 Å². The minimum atomic E-state index is -0.215. The monoisotopic (exact) mass is 361 g/mol. The maximum atomic E-state index is 12.7. The number of rotatable bonds is 3. The Morgan fingerprint density at radius 2 is 1.78 bits per heavy atom. The van der Waals surface area contributed by atoms with Gasteiger partial charge in [-0.05, 0) is 31.6 Å². The molecule has 7 heteroatoms. The van der Waals surface area contributed by atoms with Gasteiger partial charge in [-0.15, -0.1) is 12.4 Å². The van der Waals surface area contributed by atoms with Crippen molar-refractivity contribution in [2.45, 2.75) is 50.6 Å². The zero-order chi connectivity index (χ0) is 15.5. The maximum absolute atomic E-state index is 12.7. The van der Waals surface area contributed by atoms with Crippen LogP contribution in [-0.2, 0) is 9.59 Å². The largest absolute Gasteiger partial charge is 0.339 e.